The lowest BCUT2D eigenvalue weighted by Crippen LogP contribution is -2.11. The zero-order valence-electron chi connectivity index (χ0n) is 12.3. The molecule has 0 fully saturated rings. The van der Waals surface area contributed by atoms with Crippen molar-refractivity contribution in [3.63, 3.8) is 0 Å². The van der Waals surface area contributed by atoms with Gasteiger partial charge in [-0.15, -0.1) is 0 Å². The second kappa shape index (κ2) is 5.88. The van der Waals surface area contributed by atoms with E-state index in [1.807, 2.05) is 19.1 Å². The van der Waals surface area contributed by atoms with Gasteiger partial charge in [-0.3, -0.25) is 5.43 Å². The Bertz CT molecular complexity index is 611. The third-order valence-corrected chi connectivity index (χ3v) is 3.13. The molecular formula is C15H20N4O. The van der Waals surface area contributed by atoms with E-state index >= 15 is 0 Å². The fraction of sp³-hybridized carbons (Fsp3) is 0.333. The first-order chi connectivity index (χ1) is 9.51. The van der Waals surface area contributed by atoms with Crippen molar-refractivity contribution < 1.29 is 4.74 Å². The fourth-order valence-corrected chi connectivity index (χ4v) is 2.07. The monoisotopic (exact) mass is 272 g/mol. The predicted octanol–water partition coefficient (Wildman–Crippen LogP) is 3.29. The summed E-state index contributed by atoms with van der Waals surface area (Å²) in [4.78, 5) is 8.23. The molecule has 0 bridgehead atoms. The van der Waals surface area contributed by atoms with Gasteiger partial charge >= 0.3 is 0 Å². The average molecular weight is 272 g/mol. The van der Waals surface area contributed by atoms with Crippen LogP contribution in [0.3, 0.4) is 0 Å². The molecule has 1 aromatic heterocycles. The van der Waals surface area contributed by atoms with Gasteiger partial charge in [0.15, 0.2) is 0 Å². The molecule has 0 aliphatic rings. The maximum absolute atomic E-state index is 5.82. The van der Waals surface area contributed by atoms with Crippen LogP contribution < -0.4 is 16.0 Å². The van der Waals surface area contributed by atoms with E-state index in [1.54, 1.807) is 6.20 Å². The maximum Gasteiger partial charge on any atom is 0.240 e. The number of ether oxygens (including phenoxy) is 1. The number of hydrogen-bond donors (Lipinski definition) is 2. The van der Waals surface area contributed by atoms with Gasteiger partial charge in [-0.1, -0.05) is 19.9 Å². The van der Waals surface area contributed by atoms with Crippen molar-refractivity contribution in [2.75, 3.05) is 5.43 Å². The molecule has 2 rings (SSSR count). The SMILES string of the molecule is Cc1cc(Oc2nc(NN)ncc2C)ccc1C(C)C. The van der Waals surface area contributed by atoms with Crippen LogP contribution in [0.4, 0.5) is 5.95 Å². The van der Waals surface area contributed by atoms with Crippen molar-refractivity contribution in [3.8, 4) is 11.6 Å². The molecule has 20 heavy (non-hydrogen) atoms. The largest absolute Gasteiger partial charge is 0.439 e. The van der Waals surface area contributed by atoms with E-state index in [0.29, 0.717) is 17.7 Å². The van der Waals surface area contributed by atoms with Gasteiger partial charge in [-0.25, -0.2) is 10.8 Å². The Kier molecular flexibility index (Phi) is 4.20. The Morgan fingerprint density at radius 1 is 1.20 bits per heavy atom. The normalized spacial score (nSPS) is 10.7. The maximum atomic E-state index is 5.82. The minimum absolute atomic E-state index is 0.334. The third-order valence-electron chi connectivity index (χ3n) is 3.13. The minimum Gasteiger partial charge on any atom is -0.439 e. The Morgan fingerprint density at radius 3 is 2.55 bits per heavy atom. The first-order valence-electron chi connectivity index (χ1n) is 6.60. The number of nitrogen functional groups attached to an aromatic ring is 1. The van der Waals surface area contributed by atoms with Crippen LogP contribution >= 0.6 is 0 Å². The average Bonchev–Trinajstić information content (AvgIpc) is 2.41. The number of benzene rings is 1. The number of nitrogens with two attached hydrogens (primary N) is 1. The Morgan fingerprint density at radius 2 is 1.95 bits per heavy atom. The van der Waals surface area contributed by atoms with Gasteiger partial charge in [-0.05, 0) is 43.0 Å². The second-order valence-electron chi connectivity index (χ2n) is 5.10. The molecule has 0 aliphatic heterocycles. The summed E-state index contributed by atoms with van der Waals surface area (Å²) in [6.45, 7) is 8.33. The Hall–Kier alpha value is -2.14. The molecule has 0 radical (unpaired) electrons. The van der Waals surface area contributed by atoms with E-state index in [9.17, 15) is 0 Å². The van der Waals surface area contributed by atoms with Crippen LogP contribution in [-0.2, 0) is 0 Å². The van der Waals surface area contributed by atoms with Gasteiger partial charge in [0.05, 0.1) is 0 Å². The first-order valence-corrected chi connectivity index (χ1v) is 6.60. The van der Waals surface area contributed by atoms with Crippen molar-refractivity contribution in [2.45, 2.75) is 33.6 Å². The minimum atomic E-state index is 0.334. The number of hydrazine groups is 1. The zero-order chi connectivity index (χ0) is 14.7. The summed E-state index contributed by atoms with van der Waals surface area (Å²) in [6, 6.07) is 6.07. The molecule has 3 N–H and O–H groups in total. The van der Waals surface area contributed by atoms with Crippen LogP contribution in [0, 0.1) is 13.8 Å². The second-order valence-corrected chi connectivity index (χ2v) is 5.10. The van der Waals surface area contributed by atoms with Crippen LogP contribution in [0.1, 0.15) is 36.5 Å². The summed E-state index contributed by atoms with van der Waals surface area (Å²) in [5.74, 6) is 7.41. The van der Waals surface area contributed by atoms with Gasteiger partial charge in [0, 0.05) is 11.8 Å². The van der Waals surface area contributed by atoms with E-state index in [4.69, 9.17) is 10.6 Å². The summed E-state index contributed by atoms with van der Waals surface area (Å²) in [7, 11) is 0. The van der Waals surface area contributed by atoms with Gasteiger partial charge < -0.3 is 4.74 Å². The van der Waals surface area contributed by atoms with E-state index in [-0.39, 0.29) is 0 Å². The highest BCUT2D eigenvalue weighted by Crippen LogP contribution is 2.27. The molecule has 0 saturated carbocycles. The van der Waals surface area contributed by atoms with Crippen molar-refractivity contribution in [2.24, 2.45) is 5.84 Å². The summed E-state index contributed by atoms with van der Waals surface area (Å²) in [6.07, 6.45) is 1.67. The number of aryl methyl sites for hydroxylation is 2. The molecule has 5 nitrogen and oxygen atoms in total. The standard InChI is InChI=1S/C15H20N4O/c1-9(2)13-6-5-12(7-10(13)3)20-14-11(4)8-17-15(18-14)19-16/h5-9H,16H2,1-4H3,(H,17,18,19). The van der Waals surface area contributed by atoms with Crippen LogP contribution in [0.25, 0.3) is 0 Å². The number of nitrogens with zero attached hydrogens (tertiary/aromatic N) is 2. The van der Waals surface area contributed by atoms with E-state index in [2.05, 4.69) is 42.2 Å². The van der Waals surface area contributed by atoms with E-state index in [1.165, 1.54) is 11.1 Å². The van der Waals surface area contributed by atoms with E-state index in [0.717, 1.165) is 11.3 Å². The highest BCUT2D eigenvalue weighted by molar-refractivity contribution is 5.40. The summed E-state index contributed by atoms with van der Waals surface area (Å²) in [5.41, 5.74) is 5.80. The molecule has 2 aromatic rings. The molecule has 106 valence electrons. The van der Waals surface area contributed by atoms with Gasteiger partial charge in [0.2, 0.25) is 11.8 Å². The lowest BCUT2D eigenvalue weighted by molar-refractivity contribution is 0.457. The summed E-state index contributed by atoms with van der Waals surface area (Å²) >= 11 is 0. The number of hydrogen-bond acceptors (Lipinski definition) is 5. The topological polar surface area (TPSA) is 73.1 Å². The molecule has 1 aromatic carbocycles. The van der Waals surface area contributed by atoms with Crippen molar-refractivity contribution in [1.29, 1.82) is 0 Å². The highest BCUT2D eigenvalue weighted by atomic mass is 16.5. The quantitative estimate of drug-likeness (QED) is 0.660. The lowest BCUT2D eigenvalue weighted by atomic mass is 9.98. The van der Waals surface area contributed by atoms with Crippen LogP contribution in [-0.4, -0.2) is 9.97 Å². The van der Waals surface area contributed by atoms with Gasteiger partial charge in [-0.2, -0.15) is 4.98 Å². The molecule has 5 heteroatoms. The smallest absolute Gasteiger partial charge is 0.240 e. The Labute approximate surface area is 119 Å². The van der Waals surface area contributed by atoms with Crippen molar-refractivity contribution in [3.05, 3.63) is 41.1 Å². The number of rotatable bonds is 4. The molecule has 0 saturated heterocycles. The number of nitrogens with one attached hydrogen (secondary N) is 1. The Balaban J connectivity index is 2.28. The molecule has 0 amide bonds. The molecule has 0 aliphatic carbocycles. The molecule has 0 spiro atoms. The highest BCUT2D eigenvalue weighted by Gasteiger charge is 2.08. The first kappa shape index (κ1) is 14.3. The summed E-state index contributed by atoms with van der Waals surface area (Å²) < 4.78 is 5.82. The summed E-state index contributed by atoms with van der Waals surface area (Å²) in [5, 5.41) is 0. The number of aromatic nitrogens is 2. The molecule has 0 atom stereocenters. The molecular weight excluding hydrogens is 252 g/mol. The number of anilines is 1. The van der Waals surface area contributed by atoms with E-state index < -0.39 is 0 Å². The molecule has 0 unspecified atom stereocenters. The predicted molar refractivity (Wildman–Crippen MR) is 79.9 cm³/mol. The molecule has 1 heterocycles. The fourth-order valence-electron chi connectivity index (χ4n) is 2.07. The van der Waals surface area contributed by atoms with Crippen LogP contribution in [0.2, 0.25) is 0 Å². The zero-order valence-corrected chi connectivity index (χ0v) is 12.3. The van der Waals surface area contributed by atoms with Crippen molar-refractivity contribution >= 4 is 5.95 Å². The van der Waals surface area contributed by atoms with Crippen LogP contribution in [0.5, 0.6) is 11.6 Å². The lowest BCUT2D eigenvalue weighted by Gasteiger charge is -2.13. The van der Waals surface area contributed by atoms with Gasteiger partial charge in [0.25, 0.3) is 0 Å². The third kappa shape index (κ3) is 3.05. The van der Waals surface area contributed by atoms with Gasteiger partial charge in [0.1, 0.15) is 5.75 Å². The van der Waals surface area contributed by atoms with Crippen LogP contribution in [0.15, 0.2) is 24.4 Å². The van der Waals surface area contributed by atoms with Crippen molar-refractivity contribution in [1.82, 2.24) is 9.97 Å².